The van der Waals surface area contributed by atoms with E-state index in [2.05, 4.69) is 5.32 Å². The van der Waals surface area contributed by atoms with Crippen LogP contribution >= 0.6 is 0 Å². The topological polar surface area (TPSA) is 131 Å². The lowest BCUT2D eigenvalue weighted by Crippen LogP contribution is -2.45. The molecule has 4 rings (SSSR count). The van der Waals surface area contributed by atoms with Gasteiger partial charge in [0, 0.05) is 31.8 Å². The fourth-order valence-electron chi connectivity index (χ4n) is 3.69. The molecule has 0 aliphatic carbocycles. The Bertz CT molecular complexity index is 1120. The van der Waals surface area contributed by atoms with Gasteiger partial charge in [-0.05, 0) is 36.2 Å². The van der Waals surface area contributed by atoms with Crippen molar-refractivity contribution in [1.29, 1.82) is 0 Å². The van der Waals surface area contributed by atoms with E-state index in [1.165, 1.54) is 29.1 Å². The molecule has 166 valence electrons. The van der Waals surface area contributed by atoms with Gasteiger partial charge in [-0.1, -0.05) is 6.07 Å². The maximum atomic E-state index is 13.2. The molecule has 0 bridgehead atoms. The number of ether oxygens (including phenoxy) is 2. The fraction of sp³-hybridized carbons (Fsp3) is 0.286. The summed E-state index contributed by atoms with van der Waals surface area (Å²) >= 11 is 0. The van der Waals surface area contributed by atoms with Crippen LogP contribution in [-0.2, 0) is 16.0 Å². The molecule has 1 N–H and O–H groups in total. The SMILES string of the molecule is CC(=O)Nc1ccc([N+](=O)[O-])c(C(=O)N2CCCN2C(=O)Cc2ccc3c(c2)OCO3)c1. The maximum Gasteiger partial charge on any atom is 0.282 e. The van der Waals surface area contributed by atoms with Crippen LogP contribution in [-0.4, -0.2) is 52.5 Å². The first-order chi connectivity index (χ1) is 15.3. The molecule has 1 fully saturated rings. The second-order valence-electron chi connectivity index (χ2n) is 7.33. The van der Waals surface area contributed by atoms with Crippen molar-refractivity contribution in [2.24, 2.45) is 0 Å². The Morgan fingerprint density at radius 2 is 1.81 bits per heavy atom. The molecule has 0 atom stereocenters. The van der Waals surface area contributed by atoms with Gasteiger partial charge in [-0.2, -0.15) is 0 Å². The van der Waals surface area contributed by atoms with Gasteiger partial charge in [0.1, 0.15) is 5.56 Å². The molecule has 32 heavy (non-hydrogen) atoms. The highest BCUT2D eigenvalue weighted by molar-refractivity contribution is 6.01. The summed E-state index contributed by atoms with van der Waals surface area (Å²) in [6, 6.07) is 8.94. The molecule has 2 aliphatic heterocycles. The summed E-state index contributed by atoms with van der Waals surface area (Å²) in [5, 5.41) is 16.5. The number of hydrogen-bond donors (Lipinski definition) is 1. The van der Waals surface area contributed by atoms with Crippen molar-refractivity contribution in [3.63, 3.8) is 0 Å². The number of anilines is 1. The van der Waals surface area contributed by atoms with Crippen LogP contribution in [0.3, 0.4) is 0 Å². The quantitative estimate of drug-likeness (QED) is 0.556. The Hall–Kier alpha value is -4.15. The Morgan fingerprint density at radius 3 is 2.56 bits per heavy atom. The maximum absolute atomic E-state index is 13.2. The zero-order chi connectivity index (χ0) is 22.8. The highest BCUT2D eigenvalue weighted by Crippen LogP contribution is 2.33. The summed E-state index contributed by atoms with van der Waals surface area (Å²) in [5.41, 5.74) is 0.337. The van der Waals surface area contributed by atoms with Crippen LogP contribution in [0.1, 0.15) is 29.3 Å². The van der Waals surface area contributed by atoms with Crippen LogP contribution < -0.4 is 14.8 Å². The number of rotatable bonds is 5. The largest absolute Gasteiger partial charge is 0.454 e. The number of benzene rings is 2. The third-order valence-electron chi connectivity index (χ3n) is 5.09. The van der Waals surface area contributed by atoms with Gasteiger partial charge in [-0.25, -0.2) is 5.01 Å². The molecule has 0 unspecified atom stereocenters. The summed E-state index contributed by atoms with van der Waals surface area (Å²) in [6.45, 7) is 1.97. The van der Waals surface area contributed by atoms with E-state index in [0.717, 1.165) is 6.07 Å². The molecule has 2 aliphatic rings. The van der Waals surface area contributed by atoms with Crippen LogP contribution in [0.2, 0.25) is 0 Å². The van der Waals surface area contributed by atoms with Crippen LogP contribution in [0.25, 0.3) is 0 Å². The molecule has 2 aromatic rings. The molecule has 11 nitrogen and oxygen atoms in total. The number of carbonyl (C=O) groups is 3. The van der Waals surface area contributed by atoms with Crippen molar-refractivity contribution in [3.8, 4) is 11.5 Å². The molecule has 0 saturated carbocycles. The number of hydrogen-bond acceptors (Lipinski definition) is 7. The average molecular weight is 440 g/mol. The summed E-state index contributed by atoms with van der Waals surface area (Å²) in [6.07, 6.45) is 0.562. The molecule has 0 spiro atoms. The number of nitrogens with one attached hydrogen (secondary N) is 1. The highest BCUT2D eigenvalue weighted by Gasteiger charge is 2.34. The number of carbonyl (C=O) groups excluding carboxylic acids is 3. The van der Waals surface area contributed by atoms with Crippen molar-refractivity contribution in [3.05, 3.63) is 57.6 Å². The summed E-state index contributed by atoms with van der Waals surface area (Å²) in [7, 11) is 0. The number of nitro groups is 1. The van der Waals surface area contributed by atoms with Crippen LogP contribution in [0.15, 0.2) is 36.4 Å². The summed E-state index contributed by atoms with van der Waals surface area (Å²) < 4.78 is 10.6. The number of nitrogens with zero attached hydrogens (tertiary/aromatic N) is 3. The number of hydrazine groups is 1. The van der Waals surface area contributed by atoms with Crippen LogP contribution in [0.4, 0.5) is 11.4 Å². The fourth-order valence-corrected chi connectivity index (χ4v) is 3.69. The van der Waals surface area contributed by atoms with E-state index in [9.17, 15) is 24.5 Å². The zero-order valence-corrected chi connectivity index (χ0v) is 17.2. The molecular formula is C21H20N4O7. The molecule has 3 amide bonds. The third kappa shape index (κ3) is 4.17. The van der Waals surface area contributed by atoms with E-state index in [4.69, 9.17) is 9.47 Å². The van der Waals surface area contributed by atoms with Gasteiger partial charge >= 0.3 is 0 Å². The van der Waals surface area contributed by atoms with Gasteiger partial charge in [0.25, 0.3) is 11.6 Å². The number of amides is 3. The Morgan fingerprint density at radius 1 is 1.06 bits per heavy atom. The monoisotopic (exact) mass is 440 g/mol. The van der Waals surface area contributed by atoms with E-state index < -0.39 is 16.5 Å². The van der Waals surface area contributed by atoms with Crippen molar-refractivity contribution >= 4 is 29.1 Å². The van der Waals surface area contributed by atoms with E-state index >= 15 is 0 Å². The second-order valence-corrected chi connectivity index (χ2v) is 7.33. The first-order valence-corrected chi connectivity index (χ1v) is 9.90. The van der Waals surface area contributed by atoms with Gasteiger partial charge in [-0.3, -0.25) is 29.5 Å². The van der Waals surface area contributed by atoms with E-state index in [0.29, 0.717) is 30.0 Å². The van der Waals surface area contributed by atoms with Crippen molar-refractivity contribution in [1.82, 2.24) is 10.0 Å². The molecule has 11 heteroatoms. The summed E-state index contributed by atoms with van der Waals surface area (Å²) in [4.78, 5) is 48.3. The van der Waals surface area contributed by atoms with Crippen molar-refractivity contribution in [2.45, 2.75) is 19.8 Å². The summed E-state index contributed by atoms with van der Waals surface area (Å²) in [5.74, 6) is -0.226. The lowest BCUT2D eigenvalue weighted by molar-refractivity contribution is -0.385. The lowest BCUT2D eigenvalue weighted by atomic mass is 10.1. The van der Waals surface area contributed by atoms with Crippen LogP contribution in [0.5, 0.6) is 11.5 Å². The molecule has 0 aromatic heterocycles. The normalized spacial score (nSPS) is 14.4. The predicted octanol–water partition coefficient (Wildman–Crippen LogP) is 2.11. The van der Waals surface area contributed by atoms with Gasteiger partial charge in [-0.15, -0.1) is 0 Å². The first kappa shape index (κ1) is 21.1. The Labute approximate surface area is 182 Å². The molecular weight excluding hydrogens is 420 g/mol. The van der Waals surface area contributed by atoms with Gasteiger partial charge in [0.05, 0.1) is 11.3 Å². The molecule has 1 saturated heterocycles. The smallest absolute Gasteiger partial charge is 0.282 e. The number of nitro benzene ring substituents is 1. The minimum absolute atomic E-state index is 0.0223. The standard InChI is InChI=1S/C21H20N4O7/c1-13(26)22-15-4-5-17(25(29)30)16(11-15)21(28)24-8-2-7-23(24)20(27)10-14-3-6-18-19(9-14)32-12-31-18/h3-6,9,11H,2,7-8,10,12H2,1H3,(H,22,26). The molecule has 2 aromatic carbocycles. The predicted molar refractivity (Wildman–Crippen MR) is 111 cm³/mol. The second kappa shape index (κ2) is 8.53. The van der Waals surface area contributed by atoms with E-state index in [1.54, 1.807) is 18.2 Å². The van der Waals surface area contributed by atoms with Crippen LogP contribution in [0, 0.1) is 10.1 Å². The average Bonchev–Trinajstić information content (AvgIpc) is 3.41. The van der Waals surface area contributed by atoms with Gasteiger partial charge in [0.15, 0.2) is 11.5 Å². The number of fused-ring (bicyclic) bond motifs is 1. The van der Waals surface area contributed by atoms with E-state index in [1.807, 2.05) is 0 Å². The Balaban J connectivity index is 1.56. The zero-order valence-electron chi connectivity index (χ0n) is 17.2. The third-order valence-corrected chi connectivity index (χ3v) is 5.09. The van der Waals surface area contributed by atoms with Gasteiger partial charge < -0.3 is 14.8 Å². The highest BCUT2D eigenvalue weighted by atomic mass is 16.7. The first-order valence-electron chi connectivity index (χ1n) is 9.90. The molecule has 0 radical (unpaired) electrons. The molecule has 2 heterocycles. The van der Waals surface area contributed by atoms with Crippen molar-refractivity contribution < 1.29 is 28.8 Å². The van der Waals surface area contributed by atoms with E-state index in [-0.39, 0.29) is 42.8 Å². The minimum Gasteiger partial charge on any atom is -0.454 e. The minimum atomic E-state index is -0.680. The Kier molecular flexibility index (Phi) is 5.63. The van der Waals surface area contributed by atoms with Gasteiger partial charge in [0.2, 0.25) is 18.6 Å². The van der Waals surface area contributed by atoms with Crippen molar-refractivity contribution in [2.75, 3.05) is 25.2 Å². The lowest BCUT2D eigenvalue weighted by Gasteiger charge is -2.28.